The lowest BCUT2D eigenvalue weighted by Crippen LogP contribution is -2.32. The second kappa shape index (κ2) is 4.87. The molecule has 1 aromatic carbocycles. The van der Waals surface area contributed by atoms with Crippen LogP contribution in [-0.2, 0) is 17.5 Å². The Morgan fingerprint density at radius 1 is 1.29 bits per heavy atom. The van der Waals surface area contributed by atoms with E-state index in [1.807, 2.05) is 0 Å². The third-order valence-corrected chi connectivity index (χ3v) is 3.12. The van der Waals surface area contributed by atoms with Gasteiger partial charge in [0.2, 0.25) is 5.69 Å². The first-order valence-electron chi connectivity index (χ1n) is 5.92. The summed E-state index contributed by atoms with van der Waals surface area (Å²) < 4.78 is 39.1. The monoisotopic (exact) mass is 300 g/mol. The number of nitrogens with zero attached hydrogens (tertiary/aromatic N) is 2. The number of hydrogen-bond acceptors (Lipinski definition) is 3. The van der Waals surface area contributed by atoms with Crippen LogP contribution in [0.4, 0.5) is 13.2 Å². The Morgan fingerprint density at radius 2 is 1.86 bits per heavy atom. The number of rotatable bonds is 2. The smallest absolute Gasteiger partial charge is 0.438 e. The molecule has 8 heteroatoms. The van der Waals surface area contributed by atoms with Gasteiger partial charge in [-0.05, 0) is 37.1 Å². The molecule has 1 heterocycles. The fourth-order valence-electron chi connectivity index (χ4n) is 1.97. The average Bonchev–Trinajstić information content (AvgIpc) is 2.33. The lowest BCUT2D eigenvalue weighted by atomic mass is 10.1. The Hall–Kier alpha value is -2.38. The summed E-state index contributed by atoms with van der Waals surface area (Å²) in [7, 11) is 0. The number of aliphatic carboxylic acids is 1. The molecule has 112 valence electrons. The number of aromatic nitrogens is 2. The summed E-state index contributed by atoms with van der Waals surface area (Å²) in [6, 6.07) is 2.86. The Labute approximate surface area is 116 Å². The molecule has 0 fully saturated rings. The van der Waals surface area contributed by atoms with Gasteiger partial charge in [-0.3, -0.25) is 14.2 Å². The number of fused-ring (bicyclic) bond motifs is 1. The average molecular weight is 300 g/mol. The van der Waals surface area contributed by atoms with Gasteiger partial charge in [-0.15, -0.1) is 0 Å². The van der Waals surface area contributed by atoms with Crippen molar-refractivity contribution in [2.75, 3.05) is 0 Å². The van der Waals surface area contributed by atoms with Crippen LogP contribution in [0.3, 0.4) is 0 Å². The van der Waals surface area contributed by atoms with Crippen molar-refractivity contribution < 1.29 is 23.1 Å². The predicted molar refractivity (Wildman–Crippen MR) is 68.1 cm³/mol. The molecule has 5 nitrogen and oxygen atoms in total. The maximum absolute atomic E-state index is 12.9. The van der Waals surface area contributed by atoms with Gasteiger partial charge in [-0.1, -0.05) is 0 Å². The first-order chi connectivity index (χ1) is 9.61. The molecule has 0 amide bonds. The van der Waals surface area contributed by atoms with Gasteiger partial charge < -0.3 is 5.11 Å². The second-order valence-electron chi connectivity index (χ2n) is 4.67. The van der Waals surface area contributed by atoms with Crippen molar-refractivity contribution in [3.8, 4) is 0 Å². The molecular formula is C13H11F3N2O3. The number of hydrogen-bond donors (Lipinski definition) is 1. The quantitative estimate of drug-likeness (QED) is 0.922. The Bertz CT molecular complexity index is 794. The molecule has 0 spiro atoms. The van der Waals surface area contributed by atoms with Crippen LogP contribution in [-0.4, -0.2) is 20.6 Å². The summed E-state index contributed by atoms with van der Waals surface area (Å²) >= 11 is 0. The van der Waals surface area contributed by atoms with Crippen molar-refractivity contribution in [2.45, 2.75) is 26.6 Å². The van der Waals surface area contributed by atoms with E-state index in [1.165, 1.54) is 12.1 Å². The van der Waals surface area contributed by atoms with E-state index in [-0.39, 0.29) is 11.0 Å². The molecule has 0 unspecified atom stereocenters. The molecule has 0 bridgehead atoms. The standard InChI is InChI=1S/C13H11F3N2O3/c1-6-3-8-9(4-7(6)2)18(5-10(19)20)12(21)11(17-8)13(14,15)16/h3-4H,5H2,1-2H3,(H,19,20). The Balaban J connectivity index is 2.93. The molecular weight excluding hydrogens is 289 g/mol. The highest BCUT2D eigenvalue weighted by molar-refractivity contribution is 5.79. The van der Waals surface area contributed by atoms with Gasteiger partial charge in [0.25, 0.3) is 5.56 Å². The molecule has 0 aliphatic carbocycles. The highest BCUT2D eigenvalue weighted by Crippen LogP contribution is 2.27. The molecule has 0 aliphatic rings. The van der Waals surface area contributed by atoms with Crippen LogP contribution in [0.5, 0.6) is 0 Å². The van der Waals surface area contributed by atoms with Crippen molar-refractivity contribution in [2.24, 2.45) is 0 Å². The van der Waals surface area contributed by atoms with Crippen molar-refractivity contribution in [3.63, 3.8) is 0 Å². The number of carboxylic acids is 1. The SMILES string of the molecule is Cc1cc2nc(C(F)(F)F)c(=O)n(CC(=O)O)c2cc1C. The predicted octanol–water partition coefficient (Wildman–Crippen LogP) is 2.12. The summed E-state index contributed by atoms with van der Waals surface area (Å²) in [4.78, 5) is 26.1. The van der Waals surface area contributed by atoms with Crippen LogP contribution >= 0.6 is 0 Å². The maximum atomic E-state index is 12.9. The van der Waals surface area contributed by atoms with Crippen LogP contribution in [0.1, 0.15) is 16.8 Å². The molecule has 1 N–H and O–H groups in total. The minimum atomic E-state index is -4.94. The van der Waals surface area contributed by atoms with Crippen LogP contribution in [0.15, 0.2) is 16.9 Å². The zero-order chi connectivity index (χ0) is 15.9. The normalized spacial score (nSPS) is 11.9. The fraction of sp³-hybridized carbons (Fsp3) is 0.308. The molecule has 1 aromatic heterocycles. The Morgan fingerprint density at radius 3 is 2.38 bits per heavy atom. The van der Waals surface area contributed by atoms with Gasteiger partial charge in [0.05, 0.1) is 11.0 Å². The summed E-state index contributed by atoms with van der Waals surface area (Å²) in [5.41, 5.74) is -1.64. The molecule has 0 saturated heterocycles. The van der Waals surface area contributed by atoms with Crippen molar-refractivity contribution in [3.05, 3.63) is 39.3 Å². The van der Waals surface area contributed by atoms with E-state index >= 15 is 0 Å². The zero-order valence-corrected chi connectivity index (χ0v) is 11.2. The fourth-order valence-corrected chi connectivity index (χ4v) is 1.97. The van der Waals surface area contributed by atoms with Gasteiger partial charge in [-0.2, -0.15) is 13.2 Å². The third-order valence-electron chi connectivity index (χ3n) is 3.12. The second-order valence-corrected chi connectivity index (χ2v) is 4.67. The highest BCUT2D eigenvalue weighted by atomic mass is 19.4. The maximum Gasteiger partial charge on any atom is 0.438 e. The van der Waals surface area contributed by atoms with E-state index in [0.717, 1.165) is 5.56 Å². The number of carboxylic acid groups (broad SMARTS) is 1. The van der Waals surface area contributed by atoms with E-state index < -0.39 is 29.9 Å². The van der Waals surface area contributed by atoms with E-state index in [9.17, 15) is 22.8 Å². The number of carbonyl (C=O) groups is 1. The number of aryl methyl sites for hydroxylation is 2. The van der Waals surface area contributed by atoms with Crippen LogP contribution in [0, 0.1) is 13.8 Å². The van der Waals surface area contributed by atoms with Crippen LogP contribution in [0.2, 0.25) is 0 Å². The summed E-state index contributed by atoms with van der Waals surface area (Å²) in [6.07, 6.45) is -4.94. The number of benzene rings is 1. The summed E-state index contributed by atoms with van der Waals surface area (Å²) in [5.74, 6) is -1.41. The van der Waals surface area contributed by atoms with Gasteiger partial charge in [0.1, 0.15) is 6.54 Å². The zero-order valence-electron chi connectivity index (χ0n) is 11.2. The van der Waals surface area contributed by atoms with E-state index in [0.29, 0.717) is 10.1 Å². The molecule has 2 rings (SSSR count). The molecule has 0 saturated carbocycles. The third kappa shape index (κ3) is 2.74. The number of alkyl halides is 3. The van der Waals surface area contributed by atoms with Crippen LogP contribution in [0.25, 0.3) is 11.0 Å². The highest BCUT2D eigenvalue weighted by Gasteiger charge is 2.37. The summed E-state index contributed by atoms with van der Waals surface area (Å²) in [6.45, 7) is 2.54. The Kier molecular flexibility index (Phi) is 3.48. The van der Waals surface area contributed by atoms with E-state index in [2.05, 4.69) is 4.98 Å². The number of halogens is 3. The minimum absolute atomic E-state index is 0.0636. The van der Waals surface area contributed by atoms with E-state index in [4.69, 9.17) is 5.11 Å². The van der Waals surface area contributed by atoms with Gasteiger partial charge in [0.15, 0.2) is 0 Å². The van der Waals surface area contributed by atoms with Crippen molar-refractivity contribution in [1.82, 2.24) is 9.55 Å². The summed E-state index contributed by atoms with van der Waals surface area (Å²) in [5, 5.41) is 8.81. The van der Waals surface area contributed by atoms with Crippen molar-refractivity contribution in [1.29, 1.82) is 0 Å². The van der Waals surface area contributed by atoms with Crippen molar-refractivity contribution >= 4 is 17.0 Å². The first-order valence-corrected chi connectivity index (χ1v) is 5.92. The molecule has 2 aromatic rings. The van der Waals surface area contributed by atoms with Crippen LogP contribution < -0.4 is 5.56 Å². The van der Waals surface area contributed by atoms with Gasteiger partial charge >= 0.3 is 12.1 Å². The lowest BCUT2D eigenvalue weighted by molar-refractivity contribution is -0.143. The lowest BCUT2D eigenvalue weighted by Gasteiger charge is -2.13. The first kappa shape index (κ1) is 15.0. The minimum Gasteiger partial charge on any atom is -0.480 e. The van der Waals surface area contributed by atoms with Gasteiger partial charge in [-0.25, -0.2) is 4.98 Å². The molecule has 0 radical (unpaired) electrons. The topological polar surface area (TPSA) is 72.2 Å². The molecule has 21 heavy (non-hydrogen) atoms. The van der Waals surface area contributed by atoms with Gasteiger partial charge in [0, 0.05) is 0 Å². The molecule has 0 aliphatic heterocycles. The largest absolute Gasteiger partial charge is 0.480 e. The van der Waals surface area contributed by atoms with E-state index in [1.54, 1.807) is 13.8 Å². The molecule has 0 atom stereocenters.